The lowest BCUT2D eigenvalue weighted by atomic mass is 10.2. The highest BCUT2D eigenvalue weighted by Crippen LogP contribution is 2.22. The number of aromatic nitrogens is 2. The monoisotopic (exact) mass is 323 g/mol. The zero-order valence-electron chi connectivity index (χ0n) is 11.2. The highest BCUT2D eigenvalue weighted by atomic mass is 32.2. The molecule has 0 aliphatic carbocycles. The van der Waals surface area contributed by atoms with Gasteiger partial charge in [-0.05, 0) is 18.6 Å². The number of aryl methyl sites for hydroxylation is 1. The number of benzene rings is 1. The maximum atomic E-state index is 12.4. The number of hydrogen-bond donors (Lipinski definition) is 2. The molecule has 6 nitrogen and oxygen atoms in total. The maximum Gasteiger partial charge on any atom is 0.264 e. The topological polar surface area (TPSA) is 92.2 Å². The van der Waals surface area contributed by atoms with Gasteiger partial charge in [-0.15, -0.1) is 10.2 Å². The van der Waals surface area contributed by atoms with Crippen molar-refractivity contribution in [3.8, 4) is 11.8 Å². The summed E-state index contributed by atoms with van der Waals surface area (Å²) in [6.07, 6.45) is 0.692. The molecule has 0 saturated heterocycles. The van der Waals surface area contributed by atoms with Crippen LogP contribution in [0.15, 0.2) is 29.2 Å². The summed E-state index contributed by atoms with van der Waals surface area (Å²) in [5, 5.41) is 17.4. The number of aliphatic hydroxyl groups is 1. The lowest BCUT2D eigenvalue weighted by Crippen LogP contribution is -2.14. The number of rotatable bonds is 4. The SMILES string of the molecule is CCc1nnc(NS(=O)(=O)c2ccccc2C#CCO)s1. The van der Waals surface area contributed by atoms with Crippen LogP contribution in [0.1, 0.15) is 17.5 Å². The van der Waals surface area contributed by atoms with Crippen LogP contribution in [-0.2, 0) is 16.4 Å². The van der Waals surface area contributed by atoms with Gasteiger partial charge in [0.2, 0.25) is 5.13 Å². The van der Waals surface area contributed by atoms with Gasteiger partial charge in [-0.1, -0.05) is 42.2 Å². The maximum absolute atomic E-state index is 12.4. The summed E-state index contributed by atoms with van der Waals surface area (Å²) in [5.41, 5.74) is 0.319. The molecule has 1 aromatic carbocycles. The van der Waals surface area contributed by atoms with Crippen molar-refractivity contribution in [3.63, 3.8) is 0 Å². The van der Waals surface area contributed by atoms with Crippen molar-refractivity contribution in [3.05, 3.63) is 34.8 Å². The minimum Gasteiger partial charge on any atom is -0.384 e. The van der Waals surface area contributed by atoms with Gasteiger partial charge < -0.3 is 5.11 Å². The lowest BCUT2D eigenvalue weighted by molar-refractivity contribution is 0.350. The zero-order chi connectivity index (χ0) is 15.3. The van der Waals surface area contributed by atoms with Gasteiger partial charge in [0.05, 0.1) is 0 Å². The fourth-order valence-corrected chi connectivity index (χ4v) is 3.62. The molecule has 0 fully saturated rings. The van der Waals surface area contributed by atoms with Gasteiger partial charge in [0.25, 0.3) is 10.0 Å². The van der Waals surface area contributed by atoms with E-state index in [1.807, 2.05) is 6.92 Å². The second-order valence-corrected chi connectivity index (χ2v) is 6.63. The zero-order valence-corrected chi connectivity index (χ0v) is 12.8. The fraction of sp³-hybridized carbons (Fsp3) is 0.231. The van der Waals surface area contributed by atoms with Crippen LogP contribution in [0.5, 0.6) is 0 Å². The van der Waals surface area contributed by atoms with Gasteiger partial charge in [0, 0.05) is 5.56 Å². The van der Waals surface area contributed by atoms with E-state index < -0.39 is 10.0 Å². The fourth-order valence-electron chi connectivity index (χ4n) is 1.55. The molecule has 1 heterocycles. The van der Waals surface area contributed by atoms with E-state index in [2.05, 4.69) is 26.8 Å². The van der Waals surface area contributed by atoms with Crippen molar-refractivity contribution in [2.24, 2.45) is 0 Å². The molecule has 0 saturated carbocycles. The molecule has 0 aliphatic rings. The normalized spacial score (nSPS) is 10.8. The van der Waals surface area contributed by atoms with E-state index in [0.29, 0.717) is 12.0 Å². The highest BCUT2D eigenvalue weighted by Gasteiger charge is 2.19. The molecule has 0 aliphatic heterocycles. The number of nitrogens with one attached hydrogen (secondary N) is 1. The third-order valence-corrected chi connectivity index (χ3v) is 4.98. The van der Waals surface area contributed by atoms with E-state index in [4.69, 9.17) is 5.11 Å². The van der Waals surface area contributed by atoms with Crippen LogP contribution < -0.4 is 4.72 Å². The number of sulfonamides is 1. The van der Waals surface area contributed by atoms with E-state index in [-0.39, 0.29) is 16.6 Å². The average molecular weight is 323 g/mol. The van der Waals surface area contributed by atoms with Crippen LogP contribution in [0.2, 0.25) is 0 Å². The Hall–Kier alpha value is -1.95. The van der Waals surface area contributed by atoms with Crippen molar-refractivity contribution >= 4 is 26.5 Å². The first-order valence-corrected chi connectivity index (χ1v) is 8.40. The molecule has 0 spiro atoms. The van der Waals surface area contributed by atoms with Gasteiger partial charge >= 0.3 is 0 Å². The van der Waals surface area contributed by atoms with Gasteiger partial charge in [0.1, 0.15) is 16.5 Å². The minimum atomic E-state index is -3.80. The van der Waals surface area contributed by atoms with Crippen molar-refractivity contribution in [1.82, 2.24) is 10.2 Å². The summed E-state index contributed by atoms with van der Waals surface area (Å²) in [4.78, 5) is 0.0409. The van der Waals surface area contributed by atoms with Gasteiger partial charge in [-0.25, -0.2) is 8.42 Å². The molecule has 110 valence electrons. The van der Waals surface area contributed by atoms with Crippen LogP contribution >= 0.6 is 11.3 Å². The molecule has 8 heteroatoms. The molecule has 0 unspecified atom stereocenters. The first kappa shape index (κ1) is 15.4. The Morgan fingerprint density at radius 3 is 2.76 bits per heavy atom. The van der Waals surface area contributed by atoms with Crippen molar-refractivity contribution in [1.29, 1.82) is 0 Å². The first-order valence-electron chi connectivity index (χ1n) is 6.10. The molecule has 0 bridgehead atoms. The quantitative estimate of drug-likeness (QED) is 0.826. The Kier molecular flexibility index (Phi) is 4.90. The minimum absolute atomic E-state index is 0.0409. The predicted octanol–water partition coefficient (Wildman–Crippen LogP) is 1.25. The summed E-state index contributed by atoms with van der Waals surface area (Å²) in [6.45, 7) is 1.58. The Labute approximate surface area is 126 Å². The van der Waals surface area contributed by atoms with E-state index in [0.717, 1.165) is 5.01 Å². The lowest BCUT2D eigenvalue weighted by Gasteiger charge is -2.06. The smallest absolute Gasteiger partial charge is 0.264 e. The molecule has 21 heavy (non-hydrogen) atoms. The van der Waals surface area contributed by atoms with E-state index in [1.165, 1.54) is 17.4 Å². The van der Waals surface area contributed by atoms with Crippen molar-refractivity contribution < 1.29 is 13.5 Å². The predicted molar refractivity (Wildman–Crippen MR) is 80.5 cm³/mol. The van der Waals surface area contributed by atoms with Crippen LogP contribution in [0.25, 0.3) is 0 Å². The van der Waals surface area contributed by atoms with Crippen LogP contribution in [-0.4, -0.2) is 30.3 Å². The third kappa shape index (κ3) is 3.78. The number of nitrogens with zero attached hydrogens (tertiary/aromatic N) is 2. The molecule has 2 N–H and O–H groups in total. The number of anilines is 1. The summed E-state index contributed by atoms with van der Waals surface area (Å²) in [6, 6.07) is 6.32. The Morgan fingerprint density at radius 1 is 1.33 bits per heavy atom. The molecular weight excluding hydrogens is 310 g/mol. The van der Waals surface area contributed by atoms with E-state index >= 15 is 0 Å². The van der Waals surface area contributed by atoms with E-state index in [9.17, 15) is 8.42 Å². The Bertz CT molecular complexity index is 788. The largest absolute Gasteiger partial charge is 0.384 e. The van der Waals surface area contributed by atoms with Crippen molar-refractivity contribution in [2.45, 2.75) is 18.2 Å². The molecule has 2 rings (SSSR count). The van der Waals surface area contributed by atoms with Gasteiger partial charge in [-0.2, -0.15) is 0 Å². The number of hydrogen-bond acceptors (Lipinski definition) is 6. The average Bonchev–Trinajstić information content (AvgIpc) is 2.92. The highest BCUT2D eigenvalue weighted by molar-refractivity contribution is 7.93. The van der Waals surface area contributed by atoms with Gasteiger partial charge in [-0.3, -0.25) is 4.72 Å². The number of aliphatic hydroxyl groups excluding tert-OH is 1. The molecular formula is C13H13N3O3S2. The van der Waals surface area contributed by atoms with Crippen LogP contribution in [0, 0.1) is 11.8 Å². The summed E-state index contributed by atoms with van der Waals surface area (Å²) >= 11 is 1.19. The standard InChI is InChI=1S/C13H13N3O3S2/c1-2-12-14-15-13(20-12)16-21(18,19)11-8-4-3-6-10(11)7-5-9-17/h3-4,6,8,17H,2,9H2,1H3,(H,15,16). The van der Waals surface area contributed by atoms with Gasteiger partial charge in [0.15, 0.2) is 0 Å². The summed E-state index contributed by atoms with van der Waals surface area (Å²) in [7, 11) is -3.80. The van der Waals surface area contributed by atoms with Crippen molar-refractivity contribution in [2.75, 3.05) is 11.3 Å². The molecule has 1 aromatic heterocycles. The first-order chi connectivity index (χ1) is 10.1. The molecule has 0 atom stereocenters. The summed E-state index contributed by atoms with van der Waals surface area (Å²) < 4.78 is 27.2. The van der Waals surface area contributed by atoms with Crippen LogP contribution in [0.4, 0.5) is 5.13 Å². The Morgan fingerprint density at radius 2 is 2.10 bits per heavy atom. The second-order valence-electron chi connectivity index (χ2n) is 3.92. The Balaban J connectivity index is 2.35. The second kappa shape index (κ2) is 6.67. The van der Waals surface area contributed by atoms with E-state index in [1.54, 1.807) is 18.2 Å². The third-order valence-electron chi connectivity index (χ3n) is 2.47. The molecule has 0 radical (unpaired) electrons. The molecule has 2 aromatic rings. The van der Waals surface area contributed by atoms with Crippen LogP contribution in [0.3, 0.4) is 0 Å². The molecule has 0 amide bonds. The summed E-state index contributed by atoms with van der Waals surface area (Å²) in [5.74, 6) is 5.06.